The van der Waals surface area contributed by atoms with E-state index in [1.54, 1.807) is 13.8 Å². The number of hydrogen-bond donors (Lipinski definition) is 1. The number of nitro benzene ring substituents is 1. The zero-order valence-electron chi connectivity index (χ0n) is 10.4. The van der Waals surface area contributed by atoms with Crippen LogP contribution in [0.1, 0.15) is 24.2 Å². The van der Waals surface area contributed by atoms with E-state index in [1.807, 2.05) is 0 Å². The number of carbonyl (C=O) groups is 1. The molecule has 0 unspecified atom stereocenters. The van der Waals surface area contributed by atoms with Gasteiger partial charge in [-0.2, -0.15) is 5.26 Å². The molecule has 0 atom stereocenters. The average molecular weight is 326 g/mol. The number of nitrogens with zero attached hydrogens (tertiary/aromatic N) is 2. The van der Waals surface area contributed by atoms with Crippen LogP contribution in [0.15, 0.2) is 22.7 Å². The molecule has 0 saturated heterocycles. The van der Waals surface area contributed by atoms with Gasteiger partial charge in [0.1, 0.15) is 0 Å². The van der Waals surface area contributed by atoms with E-state index in [0.717, 1.165) is 0 Å². The molecule has 6 nitrogen and oxygen atoms in total. The second-order valence-electron chi connectivity index (χ2n) is 4.60. The van der Waals surface area contributed by atoms with Crippen molar-refractivity contribution in [3.8, 4) is 6.07 Å². The van der Waals surface area contributed by atoms with Crippen LogP contribution in [0.5, 0.6) is 0 Å². The van der Waals surface area contributed by atoms with Crippen LogP contribution in [-0.2, 0) is 0 Å². The van der Waals surface area contributed by atoms with E-state index in [0.29, 0.717) is 4.47 Å². The molecular weight excluding hydrogens is 314 g/mol. The molecule has 0 heterocycles. The van der Waals surface area contributed by atoms with Crippen molar-refractivity contribution in [1.29, 1.82) is 5.26 Å². The van der Waals surface area contributed by atoms with Crippen molar-refractivity contribution in [1.82, 2.24) is 5.32 Å². The van der Waals surface area contributed by atoms with Gasteiger partial charge in [0.25, 0.3) is 11.6 Å². The molecule has 0 aliphatic carbocycles. The number of carbonyl (C=O) groups excluding carboxylic acids is 1. The molecule has 0 bridgehead atoms. The molecule has 1 N–H and O–H groups in total. The number of nitriles is 1. The summed E-state index contributed by atoms with van der Waals surface area (Å²) in [6.07, 6.45) is 0. The van der Waals surface area contributed by atoms with Gasteiger partial charge in [0.2, 0.25) is 0 Å². The Morgan fingerprint density at radius 2 is 2.21 bits per heavy atom. The third-order valence-corrected chi connectivity index (χ3v) is 3.09. The first-order valence-corrected chi connectivity index (χ1v) is 6.19. The fourth-order valence-electron chi connectivity index (χ4n) is 1.24. The average Bonchev–Trinajstić information content (AvgIpc) is 2.36. The monoisotopic (exact) mass is 325 g/mol. The van der Waals surface area contributed by atoms with E-state index in [1.165, 1.54) is 18.2 Å². The van der Waals surface area contributed by atoms with Crippen LogP contribution in [-0.4, -0.2) is 17.4 Å². The van der Waals surface area contributed by atoms with E-state index in [4.69, 9.17) is 5.26 Å². The fourth-order valence-corrected chi connectivity index (χ4v) is 1.66. The Labute approximate surface area is 118 Å². The highest BCUT2D eigenvalue weighted by Crippen LogP contribution is 2.22. The van der Waals surface area contributed by atoms with Crippen molar-refractivity contribution < 1.29 is 9.72 Å². The van der Waals surface area contributed by atoms with Gasteiger partial charge in [0.15, 0.2) is 0 Å². The summed E-state index contributed by atoms with van der Waals surface area (Å²) in [5, 5.41) is 22.1. The maximum Gasteiger partial charge on any atom is 0.270 e. The minimum atomic E-state index is -0.692. The first-order chi connectivity index (χ1) is 8.76. The van der Waals surface area contributed by atoms with Crippen molar-refractivity contribution >= 4 is 27.5 Å². The van der Waals surface area contributed by atoms with Gasteiger partial charge in [-0.25, -0.2) is 0 Å². The summed E-state index contributed by atoms with van der Waals surface area (Å²) in [7, 11) is 0. The molecule has 0 aliphatic rings. The normalized spacial score (nSPS) is 10.6. The van der Waals surface area contributed by atoms with E-state index >= 15 is 0 Å². The molecule has 0 aromatic heterocycles. The zero-order chi connectivity index (χ0) is 14.6. The SMILES string of the molecule is CC(C)(C#N)CNC(=O)c1cc([N+](=O)[O-])ccc1Br. The molecule has 1 rings (SSSR count). The minimum absolute atomic E-state index is 0.159. The molecule has 19 heavy (non-hydrogen) atoms. The van der Waals surface area contributed by atoms with E-state index in [9.17, 15) is 14.9 Å². The molecule has 1 aromatic rings. The Balaban J connectivity index is 2.91. The Bertz CT molecular complexity index is 564. The number of rotatable bonds is 4. The predicted molar refractivity (Wildman–Crippen MR) is 72.5 cm³/mol. The van der Waals surface area contributed by atoms with Gasteiger partial charge in [-0.3, -0.25) is 14.9 Å². The first kappa shape index (κ1) is 15.1. The molecule has 0 aliphatic heterocycles. The zero-order valence-corrected chi connectivity index (χ0v) is 12.0. The maximum atomic E-state index is 11.9. The molecular formula is C12H12BrN3O3. The van der Waals surface area contributed by atoms with Crippen molar-refractivity contribution in [3.05, 3.63) is 38.3 Å². The van der Waals surface area contributed by atoms with Gasteiger partial charge < -0.3 is 5.32 Å². The van der Waals surface area contributed by atoms with Crippen LogP contribution < -0.4 is 5.32 Å². The minimum Gasteiger partial charge on any atom is -0.350 e. The maximum absolute atomic E-state index is 11.9. The van der Waals surface area contributed by atoms with E-state index in [2.05, 4.69) is 27.3 Å². The lowest BCUT2D eigenvalue weighted by molar-refractivity contribution is -0.384. The van der Waals surface area contributed by atoms with Gasteiger partial charge in [-0.05, 0) is 35.8 Å². The van der Waals surface area contributed by atoms with E-state index in [-0.39, 0.29) is 17.8 Å². The molecule has 0 saturated carbocycles. The van der Waals surface area contributed by atoms with Gasteiger partial charge in [0, 0.05) is 23.2 Å². The van der Waals surface area contributed by atoms with Gasteiger partial charge in [-0.15, -0.1) is 0 Å². The van der Waals surface area contributed by atoms with E-state index < -0.39 is 16.2 Å². The highest BCUT2D eigenvalue weighted by atomic mass is 79.9. The summed E-state index contributed by atoms with van der Waals surface area (Å²) in [6, 6.07) is 6.00. The third kappa shape index (κ3) is 4.03. The number of amides is 1. The van der Waals surface area contributed by atoms with Crippen molar-refractivity contribution in [2.75, 3.05) is 6.54 Å². The van der Waals surface area contributed by atoms with Crippen LogP contribution >= 0.6 is 15.9 Å². The third-order valence-electron chi connectivity index (χ3n) is 2.40. The smallest absolute Gasteiger partial charge is 0.270 e. The van der Waals surface area contributed by atoms with Crippen LogP contribution in [0.4, 0.5) is 5.69 Å². The molecule has 0 spiro atoms. The number of non-ortho nitro benzene ring substituents is 1. The summed E-state index contributed by atoms with van der Waals surface area (Å²) < 4.78 is 0.463. The summed E-state index contributed by atoms with van der Waals surface area (Å²) in [4.78, 5) is 22.0. The summed E-state index contributed by atoms with van der Waals surface area (Å²) >= 11 is 3.17. The van der Waals surface area contributed by atoms with Gasteiger partial charge >= 0.3 is 0 Å². The second kappa shape index (κ2) is 5.80. The summed E-state index contributed by atoms with van der Waals surface area (Å²) in [5.74, 6) is -0.459. The number of hydrogen-bond acceptors (Lipinski definition) is 4. The fraction of sp³-hybridized carbons (Fsp3) is 0.333. The standard InChI is InChI=1S/C12H12BrN3O3/c1-12(2,6-14)7-15-11(17)9-5-8(16(18)19)3-4-10(9)13/h3-5H,7H2,1-2H3,(H,15,17). The van der Waals surface area contributed by atoms with Crippen LogP contribution in [0.2, 0.25) is 0 Å². The van der Waals surface area contributed by atoms with Crippen molar-refractivity contribution in [3.63, 3.8) is 0 Å². The van der Waals surface area contributed by atoms with Crippen LogP contribution in [0.25, 0.3) is 0 Å². The number of halogens is 1. The molecule has 1 amide bonds. The summed E-state index contributed by atoms with van der Waals surface area (Å²) in [6.45, 7) is 3.54. The highest BCUT2D eigenvalue weighted by molar-refractivity contribution is 9.10. The van der Waals surface area contributed by atoms with Gasteiger partial charge in [-0.1, -0.05) is 0 Å². The van der Waals surface area contributed by atoms with Crippen molar-refractivity contribution in [2.45, 2.75) is 13.8 Å². The summed E-state index contributed by atoms with van der Waals surface area (Å²) in [5.41, 5.74) is -0.682. The van der Waals surface area contributed by atoms with Crippen molar-refractivity contribution in [2.24, 2.45) is 5.41 Å². The first-order valence-electron chi connectivity index (χ1n) is 5.40. The highest BCUT2D eigenvalue weighted by Gasteiger charge is 2.20. The quantitative estimate of drug-likeness (QED) is 0.679. The topological polar surface area (TPSA) is 96.0 Å². The number of nitro groups is 1. The van der Waals surface area contributed by atoms with Gasteiger partial charge in [0.05, 0.1) is 22.0 Å². The largest absolute Gasteiger partial charge is 0.350 e. The van der Waals surface area contributed by atoms with Crippen LogP contribution in [0.3, 0.4) is 0 Å². The lowest BCUT2D eigenvalue weighted by Gasteiger charge is -2.16. The Hall–Kier alpha value is -1.94. The molecule has 100 valence electrons. The Morgan fingerprint density at radius 3 is 2.74 bits per heavy atom. The number of benzene rings is 1. The van der Waals surface area contributed by atoms with Crippen LogP contribution in [0, 0.1) is 26.9 Å². The molecule has 0 radical (unpaired) electrons. The molecule has 7 heteroatoms. The predicted octanol–water partition coefficient (Wildman–Crippen LogP) is 2.64. The Kier molecular flexibility index (Phi) is 4.62. The molecule has 1 aromatic carbocycles. The second-order valence-corrected chi connectivity index (χ2v) is 5.45. The lowest BCUT2D eigenvalue weighted by atomic mass is 9.96. The Morgan fingerprint density at radius 1 is 1.58 bits per heavy atom. The lowest BCUT2D eigenvalue weighted by Crippen LogP contribution is -2.33. The number of nitrogens with one attached hydrogen (secondary N) is 1. The molecule has 0 fully saturated rings.